The molecule has 5 nitrogen and oxygen atoms in total. The maximum atomic E-state index is 12.3. The van der Waals surface area contributed by atoms with E-state index in [9.17, 15) is 9.59 Å². The Kier molecular flexibility index (Phi) is 4.85. The Morgan fingerprint density at radius 3 is 2.81 bits per heavy atom. The lowest BCUT2D eigenvalue weighted by molar-refractivity contribution is -0.120. The van der Waals surface area contributed by atoms with Crippen molar-refractivity contribution < 1.29 is 9.59 Å². The molecule has 21 heavy (non-hydrogen) atoms. The Morgan fingerprint density at radius 2 is 2.19 bits per heavy atom. The van der Waals surface area contributed by atoms with E-state index in [2.05, 4.69) is 24.5 Å². The molecule has 1 aromatic rings. The van der Waals surface area contributed by atoms with Gasteiger partial charge >= 0.3 is 0 Å². The van der Waals surface area contributed by atoms with Gasteiger partial charge in [-0.2, -0.15) is 0 Å². The first-order chi connectivity index (χ1) is 9.90. The number of hydrogen-bond donors (Lipinski definition) is 3. The van der Waals surface area contributed by atoms with Crippen LogP contribution in [0.5, 0.6) is 0 Å². The number of halogens is 1. The number of amides is 2. The molecule has 1 aliphatic rings. The summed E-state index contributed by atoms with van der Waals surface area (Å²) in [7, 11) is 0. The fourth-order valence-corrected chi connectivity index (χ4v) is 2.67. The molecule has 2 rings (SSSR count). The maximum Gasteiger partial charge on any atom is 0.228 e. The van der Waals surface area contributed by atoms with E-state index in [4.69, 9.17) is 17.3 Å². The lowest BCUT2D eigenvalue weighted by Gasteiger charge is -2.17. The molecule has 1 atom stereocenters. The fourth-order valence-electron chi connectivity index (χ4n) is 2.46. The molecule has 1 heterocycles. The van der Waals surface area contributed by atoms with Crippen molar-refractivity contribution in [2.75, 3.05) is 17.2 Å². The van der Waals surface area contributed by atoms with Crippen LogP contribution in [0, 0.1) is 11.8 Å². The van der Waals surface area contributed by atoms with Gasteiger partial charge in [-0.05, 0) is 30.0 Å². The van der Waals surface area contributed by atoms with Crippen molar-refractivity contribution in [3.05, 3.63) is 22.7 Å². The first kappa shape index (κ1) is 15.8. The van der Waals surface area contributed by atoms with Crippen molar-refractivity contribution in [2.45, 2.75) is 26.7 Å². The zero-order valence-corrected chi connectivity index (χ0v) is 13.0. The fraction of sp³-hybridized carbons (Fsp3) is 0.467. The topological polar surface area (TPSA) is 84.2 Å². The molecule has 0 saturated carbocycles. The second kappa shape index (κ2) is 6.45. The number of anilines is 2. The van der Waals surface area contributed by atoms with Crippen LogP contribution in [-0.4, -0.2) is 18.4 Å². The summed E-state index contributed by atoms with van der Waals surface area (Å²) in [5.41, 5.74) is 7.75. The van der Waals surface area contributed by atoms with Gasteiger partial charge in [-0.15, -0.1) is 0 Å². The Hall–Kier alpha value is -1.59. The van der Waals surface area contributed by atoms with Gasteiger partial charge in [0.05, 0.1) is 23.0 Å². The first-order valence-corrected chi connectivity index (χ1v) is 7.41. The van der Waals surface area contributed by atoms with Gasteiger partial charge in [-0.25, -0.2) is 0 Å². The average Bonchev–Trinajstić information content (AvgIpc) is 2.75. The third kappa shape index (κ3) is 3.74. The van der Waals surface area contributed by atoms with Crippen LogP contribution in [0.25, 0.3) is 0 Å². The quantitative estimate of drug-likeness (QED) is 0.781. The minimum absolute atomic E-state index is 0.0656. The number of hydrogen-bond acceptors (Lipinski definition) is 3. The summed E-state index contributed by atoms with van der Waals surface area (Å²) in [6.07, 6.45) is 1.03. The van der Waals surface area contributed by atoms with Crippen LogP contribution in [0.15, 0.2) is 12.1 Å². The third-order valence-corrected chi connectivity index (χ3v) is 3.80. The van der Waals surface area contributed by atoms with E-state index in [1.165, 1.54) is 0 Å². The first-order valence-electron chi connectivity index (χ1n) is 7.04. The molecule has 2 amide bonds. The molecule has 0 bridgehead atoms. The van der Waals surface area contributed by atoms with Gasteiger partial charge < -0.3 is 16.4 Å². The number of carbonyl (C=O) groups excluding carboxylic acids is 2. The molecule has 6 heteroatoms. The molecule has 1 aliphatic heterocycles. The van der Waals surface area contributed by atoms with Crippen LogP contribution >= 0.6 is 11.6 Å². The second-order valence-electron chi connectivity index (χ2n) is 5.77. The van der Waals surface area contributed by atoms with Crippen molar-refractivity contribution in [3.63, 3.8) is 0 Å². The highest BCUT2D eigenvalue weighted by Gasteiger charge is 2.22. The van der Waals surface area contributed by atoms with Gasteiger partial charge in [-0.1, -0.05) is 25.4 Å². The summed E-state index contributed by atoms with van der Waals surface area (Å²) in [5.74, 6) is -0.0507. The molecule has 1 unspecified atom stereocenters. The highest BCUT2D eigenvalue weighted by Crippen LogP contribution is 2.33. The SMILES string of the molecule is CC(C)CC(CN)C(=O)Nc1cc2c(cc1Cl)NC(=O)C2. The summed E-state index contributed by atoms with van der Waals surface area (Å²) in [6.45, 7) is 4.40. The van der Waals surface area contributed by atoms with E-state index in [-0.39, 0.29) is 17.7 Å². The molecule has 4 N–H and O–H groups in total. The zero-order chi connectivity index (χ0) is 15.6. The van der Waals surface area contributed by atoms with E-state index in [0.717, 1.165) is 12.0 Å². The molecular formula is C15H20ClN3O2. The number of nitrogens with one attached hydrogen (secondary N) is 2. The Bertz CT molecular complexity index is 572. The molecule has 0 fully saturated rings. The minimum atomic E-state index is -0.242. The number of benzene rings is 1. The molecule has 0 spiro atoms. The molecular weight excluding hydrogens is 290 g/mol. The standard InChI is InChI=1S/C15H20ClN3O2/c1-8(2)3-10(7-17)15(21)19-13-4-9-5-14(20)18-12(9)6-11(13)16/h4,6,8,10H,3,5,7,17H2,1-2H3,(H,18,20)(H,19,21). The molecule has 114 valence electrons. The van der Waals surface area contributed by atoms with Crippen LogP contribution < -0.4 is 16.4 Å². The number of carbonyl (C=O) groups is 2. The second-order valence-corrected chi connectivity index (χ2v) is 6.17. The molecule has 0 saturated heterocycles. The van der Waals surface area contributed by atoms with E-state index in [1.807, 2.05) is 0 Å². The van der Waals surface area contributed by atoms with Crippen LogP contribution in [0.1, 0.15) is 25.8 Å². The number of rotatable bonds is 5. The van der Waals surface area contributed by atoms with E-state index >= 15 is 0 Å². The van der Waals surface area contributed by atoms with Crippen molar-refractivity contribution in [1.29, 1.82) is 0 Å². The lowest BCUT2D eigenvalue weighted by atomic mass is 9.96. The summed E-state index contributed by atoms with van der Waals surface area (Å²) in [4.78, 5) is 23.6. The van der Waals surface area contributed by atoms with E-state index in [1.54, 1.807) is 12.1 Å². The van der Waals surface area contributed by atoms with Crippen molar-refractivity contribution >= 4 is 34.8 Å². The molecule has 1 aromatic carbocycles. The van der Waals surface area contributed by atoms with E-state index in [0.29, 0.717) is 35.3 Å². The van der Waals surface area contributed by atoms with Gasteiger partial charge in [-0.3, -0.25) is 9.59 Å². The normalized spacial score (nSPS) is 14.8. The zero-order valence-electron chi connectivity index (χ0n) is 12.2. The summed E-state index contributed by atoms with van der Waals surface area (Å²) < 4.78 is 0. The molecule has 0 radical (unpaired) electrons. The third-order valence-electron chi connectivity index (χ3n) is 3.49. The number of nitrogens with two attached hydrogens (primary N) is 1. The minimum Gasteiger partial charge on any atom is -0.330 e. The number of fused-ring (bicyclic) bond motifs is 1. The Labute approximate surface area is 129 Å². The van der Waals surface area contributed by atoms with Gasteiger partial charge in [0, 0.05) is 12.2 Å². The predicted octanol–water partition coefficient (Wildman–Crippen LogP) is 2.39. The molecule has 0 aliphatic carbocycles. The summed E-state index contributed by atoms with van der Waals surface area (Å²) in [5, 5.41) is 5.95. The largest absolute Gasteiger partial charge is 0.330 e. The van der Waals surface area contributed by atoms with Crippen LogP contribution in [0.4, 0.5) is 11.4 Å². The maximum absolute atomic E-state index is 12.3. The molecule has 0 aromatic heterocycles. The van der Waals surface area contributed by atoms with Gasteiger partial charge in [0.25, 0.3) is 0 Å². The van der Waals surface area contributed by atoms with Gasteiger partial charge in [0.15, 0.2) is 0 Å². The Balaban J connectivity index is 2.14. The van der Waals surface area contributed by atoms with Crippen molar-refractivity contribution in [1.82, 2.24) is 0 Å². The lowest BCUT2D eigenvalue weighted by Crippen LogP contribution is -2.30. The smallest absolute Gasteiger partial charge is 0.228 e. The average molecular weight is 310 g/mol. The van der Waals surface area contributed by atoms with Crippen LogP contribution in [-0.2, 0) is 16.0 Å². The monoisotopic (exact) mass is 309 g/mol. The summed E-state index contributed by atoms with van der Waals surface area (Å²) >= 11 is 6.16. The highest BCUT2D eigenvalue weighted by molar-refractivity contribution is 6.34. The Morgan fingerprint density at radius 1 is 1.48 bits per heavy atom. The van der Waals surface area contributed by atoms with E-state index < -0.39 is 0 Å². The highest BCUT2D eigenvalue weighted by atomic mass is 35.5. The van der Waals surface area contributed by atoms with Crippen LogP contribution in [0.3, 0.4) is 0 Å². The predicted molar refractivity (Wildman–Crippen MR) is 84.4 cm³/mol. The summed E-state index contributed by atoms with van der Waals surface area (Å²) in [6, 6.07) is 3.41. The van der Waals surface area contributed by atoms with Crippen molar-refractivity contribution in [3.8, 4) is 0 Å². The van der Waals surface area contributed by atoms with Crippen molar-refractivity contribution in [2.24, 2.45) is 17.6 Å². The van der Waals surface area contributed by atoms with Gasteiger partial charge in [0.1, 0.15) is 0 Å². The van der Waals surface area contributed by atoms with Gasteiger partial charge in [0.2, 0.25) is 11.8 Å². The van der Waals surface area contributed by atoms with Crippen LogP contribution in [0.2, 0.25) is 5.02 Å².